The van der Waals surface area contributed by atoms with E-state index >= 15 is 0 Å². The van der Waals surface area contributed by atoms with E-state index in [0.29, 0.717) is 17.9 Å². The molecule has 8 heteroatoms. The van der Waals surface area contributed by atoms with Crippen molar-refractivity contribution < 1.29 is 13.2 Å². The molecule has 3 rings (SSSR count). The van der Waals surface area contributed by atoms with E-state index in [4.69, 9.17) is 0 Å². The molecule has 1 fully saturated rings. The Morgan fingerprint density at radius 1 is 1.20 bits per heavy atom. The van der Waals surface area contributed by atoms with Gasteiger partial charge in [0.15, 0.2) is 9.84 Å². The third-order valence-corrected chi connectivity index (χ3v) is 5.88. The predicted molar refractivity (Wildman–Crippen MR) is 95.8 cm³/mol. The number of hydrogen-bond donors (Lipinski definition) is 2. The van der Waals surface area contributed by atoms with Gasteiger partial charge in [0.2, 0.25) is 5.95 Å². The smallest absolute Gasteiger partial charge is 0.254 e. The third kappa shape index (κ3) is 4.33. The van der Waals surface area contributed by atoms with E-state index in [1.165, 1.54) is 18.0 Å². The highest BCUT2D eigenvalue weighted by molar-refractivity contribution is 7.91. The lowest BCUT2D eigenvalue weighted by Gasteiger charge is -2.11. The van der Waals surface area contributed by atoms with Gasteiger partial charge in [-0.05, 0) is 31.9 Å². The zero-order valence-electron chi connectivity index (χ0n) is 14.1. The summed E-state index contributed by atoms with van der Waals surface area (Å²) in [5, 5.41) is 5.83. The van der Waals surface area contributed by atoms with Gasteiger partial charge in [-0.15, -0.1) is 0 Å². The first-order valence-corrected chi connectivity index (χ1v) is 9.82. The minimum Gasteiger partial charge on any atom is -0.348 e. The van der Waals surface area contributed by atoms with Crippen molar-refractivity contribution in [3.05, 3.63) is 47.3 Å². The summed E-state index contributed by atoms with van der Waals surface area (Å²) in [7, 11) is -3.03. The standard InChI is InChI=1S/C17H20N4O3S/c1-11-3-4-15(12(2)7-11)21-17-18-8-13(9-19-17)16(22)20-14-5-6-25(23,24)10-14/h3-4,7-9,14H,5-6,10H2,1-2H3,(H,20,22)(H,18,19,21). The maximum absolute atomic E-state index is 12.2. The second kappa shape index (κ2) is 6.79. The van der Waals surface area contributed by atoms with Crippen molar-refractivity contribution >= 4 is 27.4 Å². The van der Waals surface area contributed by atoms with Crippen LogP contribution < -0.4 is 10.6 Å². The van der Waals surface area contributed by atoms with E-state index in [1.807, 2.05) is 26.0 Å². The number of carbonyl (C=O) groups excluding carboxylic acids is 1. The average molecular weight is 360 g/mol. The van der Waals surface area contributed by atoms with E-state index in [-0.39, 0.29) is 23.5 Å². The minimum atomic E-state index is -3.03. The first-order valence-electron chi connectivity index (χ1n) is 8.00. The summed E-state index contributed by atoms with van der Waals surface area (Å²) >= 11 is 0. The van der Waals surface area contributed by atoms with Crippen molar-refractivity contribution in [3.63, 3.8) is 0 Å². The molecule has 0 aliphatic carbocycles. The monoisotopic (exact) mass is 360 g/mol. The van der Waals surface area contributed by atoms with Crippen LogP contribution in [0.15, 0.2) is 30.6 Å². The molecule has 1 unspecified atom stereocenters. The normalized spacial score (nSPS) is 18.7. The average Bonchev–Trinajstić information content (AvgIpc) is 2.89. The Morgan fingerprint density at radius 2 is 1.92 bits per heavy atom. The molecule has 2 N–H and O–H groups in total. The Balaban J connectivity index is 1.64. The molecule has 0 spiro atoms. The minimum absolute atomic E-state index is 0.00800. The first kappa shape index (κ1) is 17.3. The Bertz CT molecular complexity index is 895. The number of amides is 1. The Morgan fingerprint density at radius 3 is 2.52 bits per heavy atom. The zero-order valence-corrected chi connectivity index (χ0v) is 14.9. The van der Waals surface area contributed by atoms with Crippen molar-refractivity contribution in [1.29, 1.82) is 0 Å². The Labute approximate surface area is 146 Å². The SMILES string of the molecule is Cc1ccc(Nc2ncc(C(=O)NC3CCS(=O)(=O)C3)cn2)c(C)c1. The fourth-order valence-electron chi connectivity index (χ4n) is 2.76. The lowest BCUT2D eigenvalue weighted by Crippen LogP contribution is -2.35. The topological polar surface area (TPSA) is 101 Å². The molecule has 2 heterocycles. The van der Waals surface area contributed by atoms with Gasteiger partial charge in [-0.1, -0.05) is 17.7 Å². The second-order valence-corrected chi connectivity index (χ2v) is 8.54. The lowest BCUT2D eigenvalue weighted by atomic mass is 10.1. The summed E-state index contributed by atoms with van der Waals surface area (Å²) in [6.45, 7) is 4.02. The predicted octanol–water partition coefficient (Wildman–Crippen LogP) is 1.75. The van der Waals surface area contributed by atoms with Crippen LogP contribution in [0, 0.1) is 13.8 Å². The summed E-state index contributed by atoms with van der Waals surface area (Å²) in [5.41, 5.74) is 3.45. The molecule has 1 aromatic carbocycles. The van der Waals surface area contributed by atoms with Gasteiger partial charge in [-0.2, -0.15) is 0 Å². The van der Waals surface area contributed by atoms with E-state index < -0.39 is 9.84 Å². The molecule has 2 aromatic rings. The molecule has 1 aliphatic heterocycles. The van der Waals surface area contributed by atoms with Crippen molar-refractivity contribution in [2.45, 2.75) is 26.3 Å². The van der Waals surface area contributed by atoms with Gasteiger partial charge in [0.1, 0.15) is 0 Å². The van der Waals surface area contributed by atoms with Crippen LogP contribution in [0.2, 0.25) is 0 Å². The molecule has 1 aliphatic rings. The van der Waals surface area contributed by atoms with Crippen molar-refractivity contribution in [3.8, 4) is 0 Å². The fourth-order valence-corrected chi connectivity index (χ4v) is 4.44. The molecule has 1 saturated heterocycles. The summed E-state index contributed by atoms with van der Waals surface area (Å²) in [5.74, 6) is 0.145. The van der Waals surface area contributed by atoms with Crippen LogP contribution >= 0.6 is 0 Å². The molecule has 0 radical (unpaired) electrons. The maximum atomic E-state index is 12.2. The summed E-state index contributed by atoms with van der Waals surface area (Å²) in [4.78, 5) is 20.5. The molecular formula is C17H20N4O3S. The quantitative estimate of drug-likeness (QED) is 0.861. The van der Waals surface area contributed by atoms with E-state index in [9.17, 15) is 13.2 Å². The third-order valence-electron chi connectivity index (χ3n) is 4.11. The number of aromatic nitrogens is 2. The number of aryl methyl sites for hydroxylation is 2. The van der Waals surface area contributed by atoms with Gasteiger partial charge in [-0.3, -0.25) is 4.79 Å². The van der Waals surface area contributed by atoms with Gasteiger partial charge in [0.25, 0.3) is 5.91 Å². The van der Waals surface area contributed by atoms with Crippen molar-refractivity contribution in [2.75, 3.05) is 16.8 Å². The molecule has 1 aromatic heterocycles. The molecule has 1 atom stereocenters. The number of rotatable bonds is 4. The van der Waals surface area contributed by atoms with Gasteiger partial charge < -0.3 is 10.6 Å². The molecule has 1 amide bonds. The number of nitrogens with zero attached hydrogens (tertiary/aromatic N) is 2. The van der Waals surface area contributed by atoms with E-state index in [0.717, 1.165) is 11.3 Å². The van der Waals surface area contributed by atoms with Crippen LogP contribution in [0.1, 0.15) is 27.9 Å². The number of anilines is 2. The molecular weight excluding hydrogens is 340 g/mol. The van der Waals surface area contributed by atoms with Gasteiger partial charge >= 0.3 is 0 Å². The van der Waals surface area contributed by atoms with Crippen molar-refractivity contribution in [2.24, 2.45) is 0 Å². The summed E-state index contributed by atoms with van der Waals surface area (Å²) < 4.78 is 22.9. The van der Waals surface area contributed by atoms with E-state index in [1.54, 1.807) is 0 Å². The number of nitrogens with one attached hydrogen (secondary N) is 2. The molecule has 0 saturated carbocycles. The van der Waals surface area contributed by atoms with Crippen LogP contribution in [0.25, 0.3) is 0 Å². The van der Waals surface area contributed by atoms with Gasteiger partial charge in [0.05, 0.1) is 17.1 Å². The number of benzene rings is 1. The van der Waals surface area contributed by atoms with Crippen LogP contribution in [-0.2, 0) is 9.84 Å². The van der Waals surface area contributed by atoms with Gasteiger partial charge in [0, 0.05) is 24.1 Å². The Kier molecular flexibility index (Phi) is 4.71. The lowest BCUT2D eigenvalue weighted by molar-refractivity contribution is 0.0940. The second-order valence-electron chi connectivity index (χ2n) is 6.31. The highest BCUT2D eigenvalue weighted by Gasteiger charge is 2.29. The highest BCUT2D eigenvalue weighted by atomic mass is 32.2. The van der Waals surface area contributed by atoms with Crippen molar-refractivity contribution in [1.82, 2.24) is 15.3 Å². The van der Waals surface area contributed by atoms with Crippen LogP contribution in [0.4, 0.5) is 11.6 Å². The molecule has 25 heavy (non-hydrogen) atoms. The number of hydrogen-bond acceptors (Lipinski definition) is 6. The molecule has 132 valence electrons. The molecule has 0 bridgehead atoms. The van der Waals surface area contributed by atoms with Crippen LogP contribution in [0.3, 0.4) is 0 Å². The largest absolute Gasteiger partial charge is 0.348 e. The first-order chi connectivity index (χ1) is 11.8. The Hall–Kier alpha value is -2.48. The fraction of sp³-hybridized carbons (Fsp3) is 0.353. The van der Waals surface area contributed by atoms with Crippen LogP contribution in [-0.4, -0.2) is 41.8 Å². The number of carbonyl (C=O) groups is 1. The summed E-state index contributed by atoms with van der Waals surface area (Å²) in [6.07, 6.45) is 3.30. The van der Waals surface area contributed by atoms with Gasteiger partial charge in [-0.25, -0.2) is 18.4 Å². The highest BCUT2D eigenvalue weighted by Crippen LogP contribution is 2.19. The number of sulfone groups is 1. The molecule has 7 nitrogen and oxygen atoms in total. The maximum Gasteiger partial charge on any atom is 0.254 e. The zero-order chi connectivity index (χ0) is 18.0. The van der Waals surface area contributed by atoms with E-state index in [2.05, 4.69) is 26.7 Å². The van der Waals surface area contributed by atoms with Crippen LogP contribution in [0.5, 0.6) is 0 Å². The summed E-state index contributed by atoms with van der Waals surface area (Å²) in [6, 6.07) is 5.66.